The SMILES string of the molecule is CCCCCCCCCCOS(=O)(=O)c1ccc(C)cc1. The van der Waals surface area contributed by atoms with Crippen molar-refractivity contribution in [2.45, 2.75) is 70.1 Å². The number of hydrogen-bond donors (Lipinski definition) is 0. The zero-order valence-corrected chi connectivity index (χ0v) is 14.1. The van der Waals surface area contributed by atoms with Crippen molar-refractivity contribution in [1.82, 2.24) is 0 Å². The van der Waals surface area contributed by atoms with E-state index in [1.807, 2.05) is 6.92 Å². The molecule has 21 heavy (non-hydrogen) atoms. The van der Waals surface area contributed by atoms with E-state index in [-0.39, 0.29) is 11.5 Å². The molecule has 0 saturated heterocycles. The molecule has 1 aromatic carbocycles. The molecule has 0 unspecified atom stereocenters. The summed E-state index contributed by atoms with van der Waals surface area (Å²) in [6.45, 7) is 4.43. The Hall–Kier alpha value is -0.870. The minimum atomic E-state index is -3.58. The smallest absolute Gasteiger partial charge is 0.266 e. The van der Waals surface area contributed by atoms with Crippen molar-refractivity contribution in [3.63, 3.8) is 0 Å². The number of benzene rings is 1. The molecule has 0 spiro atoms. The van der Waals surface area contributed by atoms with Crippen LogP contribution in [0.15, 0.2) is 29.2 Å². The van der Waals surface area contributed by atoms with Crippen LogP contribution in [0.4, 0.5) is 0 Å². The zero-order chi connectivity index (χ0) is 15.6. The predicted molar refractivity (Wildman–Crippen MR) is 86.9 cm³/mol. The Morgan fingerprint density at radius 3 is 1.95 bits per heavy atom. The van der Waals surface area contributed by atoms with Crippen LogP contribution in [0, 0.1) is 6.92 Å². The molecular formula is C17H28O3S. The van der Waals surface area contributed by atoms with E-state index in [4.69, 9.17) is 4.18 Å². The van der Waals surface area contributed by atoms with Crippen LogP contribution in [-0.2, 0) is 14.3 Å². The first-order valence-corrected chi connectivity index (χ1v) is 9.43. The lowest BCUT2D eigenvalue weighted by molar-refractivity contribution is 0.306. The molecule has 3 nitrogen and oxygen atoms in total. The second-order valence-electron chi connectivity index (χ2n) is 5.56. The predicted octanol–water partition coefficient (Wildman–Crippen LogP) is 4.84. The minimum Gasteiger partial charge on any atom is -0.266 e. The molecule has 0 N–H and O–H groups in total. The molecule has 1 aromatic rings. The first-order chi connectivity index (χ1) is 10.1. The van der Waals surface area contributed by atoms with Crippen molar-refractivity contribution in [3.05, 3.63) is 29.8 Å². The Morgan fingerprint density at radius 1 is 0.857 bits per heavy atom. The topological polar surface area (TPSA) is 43.4 Å². The van der Waals surface area contributed by atoms with Gasteiger partial charge in [-0.3, -0.25) is 4.18 Å². The number of hydrogen-bond acceptors (Lipinski definition) is 3. The van der Waals surface area contributed by atoms with Crippen LogP contribution in [0.3, 0.4) is 0 Å². The second kappa shape index (κ2) is 9.96. The maximum absolute atomic E-state index is 11.9. The molecule has 0 radical (unpaired) electrons. The van der Waals surface area contributed by atoms with Crippen LogP contribution < -0.4 is 0 Å². The van der Waals surface area contributed by atoms with Crippen molar-refractivity contribution in [1.29, 1.82) is 0 Å². The van der Waals surface area contributed by atoms with E-state index in [0.717, 1.165) is 24.8 Å². The van der Waals surface area contributed by atoms with Crippen molar-refractivity contribution in [2.24, 2.45) is 0 Å². The summed E-state index contributed by atoms with van der Waals surface area (Å²) >= 11 is 0. The first kappa shape index (κ1) is 18.2. The molecule has 120 valence electrons. The van der Waals surface area contributed by atoms with E-state index in [1.165, 1.54) is 32.1 Å². The molecule has 0 atom stereocenters. The standard InChI is InChI=1S/C17H28O3S/c1-3-4-5-6-7-8-9-10-15-20-21(18,19)17-13-11-16(2)12-14-17/h11-14H,3-10,15H2,1-2H3. The van der Waals surface area contributed by atoms with E-state index in [0.29, 0.717) is 0 Å². The highest BCUT2D eigenvalue weighted by Crippen LogP contribution is 2.14. The summed E-state index contributed by atoms with van der Waals surface area (Å²) in [7, 11) is -3.58. The van der Waals surface area contributed by atoms with E-state index < -0.39 is 10.1 Å². The monoisotopic (exact) mass is 312 g/mol. The van der Waals surface area contributed by atoms with Crippen LogP contribution in [-0.4, -0.2) is 15.0 Å². The van der Waals surface area contributed by atoms with Gasteiger partial charge >= 0.3 is 0 Å². The fourth-order valence-corrected chi connectivity index (χ4v) is 3.12. The maximum Gasteiger partial charge on any atom is 0.296 e. The Morgan fingerprint density at radius 2 is 1.38 bits per heavy atom. The van der Waals surface area contributed by atoms with Crippen molar-refractivity contribution >= 4 is 10.1 Å². The van der Waals surface area contributed by atoms with Crippen molar-refractivity contribution in [3.8, 4) is 0 Å². The van der Waals surface area contributed by atoms with Gasteiger partial charge < -0.3 is 0 Å². The Labute approximate surface area is 129 Å². The summed E-state index contributed by atoms with van der Waals surface area (Å²) in [5.41, 5.74) is 1.04. The highest BCUT2D eigenvalue weighted by molar-refractivity contribution is 7.86. The van der Waals surface area contributed by atoms with Gasteiger partial charge in [0.1, 0.15) is 0 Å². The van der Waals surface area contributed by atoms with Gasteiger partial charge in [-0.25, -0.2) is 0 Å². The number of unbranched alkanes of at least 4 members (excludes halogenated alkanes) is 7. The maximum atomic E-state index is 11.9. The lowest BCUT2D eigenvalue weighted by Gasteiger charge is -2.06. The Bertz CT molecular complexity index is 477. The van der Waals surface area contributed by atoms with Crippen molar-refractivity contribution < 1.29 is 12.6 Å². The fourth-order valence-electron chi connectivity index (χ4n) is 2.18. The van der Waals surface area contributed by atoms with Gasteiger partial charge in [0.25, 0.3) is 10.1 Å². The summed E-state index contributed by atoms with van der Waals surface area (Å²) in [6.07, 6.45) is 9.44. The minimum absolute atomic E-state index is 0.243. The second-order valence-corrected chi connectivity index (χ2v) is 7.18. The normalized spacial score (nSPS) is 11.7. The molecule has 1 rings (SSSR count). The van der Waals surface area contributed by atoms with Gasteiger partial charge in [0, 0.05) is 0 Å². The molecule has 0 aliphatic carbocycles. The highest BCUT2D eigenvalue weighted by atomic mass is 32.2. The largest absolute Gasteiger partial charge is 0.296 e. The van der Waals surface area contributed by atoms with Gasteiger partial charge in [0.15, 0.2) is 0 Å². The molecule has 0 heterocycles. The van der Waals surface area contributed by atoms with Crippen LogP contribution in [0.1, 0.15) is 63.9 Å². The summed E-state index contributed by atoms with van der Waals surface area (Å²) in [5.74, 6) is 0. The third-order valence-electron chi connectivity index (χ3n) is 3.55. The Kier molecular flexibility index (Phi) is 8.62. The molecule has 0 aliphatic heterocycles. The van der Waals surface area contributed by atoms with Crippen LogP contribution >= 0.6 is 0 Å². The van der Waals surface area contributed by atoms with Gasteiger partial charge in [-0.05, 0) is 25.5 Å². The summed E-state index contributed by atoms with van der Waals surface area (Å²) < 4.78 is 28.9. The summed E-state index contributed by atoms with van der Waals surface area (Å²) in [6, 6.07) is 6.76. The third-order valence-corrected chi connectivity index (χ3v) is 4.87. The van der Waals surface area contributed by atoms with Gasteiger partial charge in [0.05, 0.1) is 11.5 Å². The quantitative estimate of drug-likeness (QED) is 0.434. The Balaban J connectivity index is 2.15. The highest BCUT2D eigenvalue weighted by Gasteiger charge is 2.14. The van der Waals surface area contributed by atoms with E-state index in [1.54, 1.807) is 24.3 Å². The zero-order valence-electron chi connectivity index (χ0n) is 13.3. The fraction of sp³-hybridized carbons (Fsp3) is 0.647. The third kappa shape index (κ3) is 7.63. The van der Waals surface area contributed by atoms with Gasteiger partial charge in [-0.15, -0.1) is 0 Å². The molecular weight excluding hydrogens is 284 g/mol. The van der Waals surface area contributed by atoms with Gasteiger partial charge in [0.2, 0.25) is 0 Å². The molecule has 0 fully saturated rings. The first-order valence-electron chi connectivity index (χ1n) is 8.02. The lowest BCUT2D eigenvalue weighted by atomic mass is 10.1. The average molecular weight is 312 g/mol. The number of rotatable bonds is 11. The molecule has 0 aliphatic rings. The van der Waals surface area contributed by atoms with Crippen LogP contribution in [0.2, 0.25) is 0 Å². The number of aryl methyl sites for hydroxylation is 1. The van der Waals surface area contributed by atoms with E-state index in [9.17, 15) is 8.42 Å². The van der Waals surface area contributed by atoms with Crippen LogP contribution in [0.25, 0.3) is 0 Å². The molecule has 0 amide bonds. The molecule has 0 aromatic heterocycles. The van der Waals surface area contributed by atoms with Gasteiger partial charge in [-0.2, -0.15) is 8.42 Å². The molecule has 4 heteroatoms. The van der Waals surface area contributed by atoms with Gasteiger partial charge in [-0.1, -0.05) is 69.6 Å². The summed E-state index contributed by atoms with van der Waals surface area (Å²) in [4.78, 5) is 0.243. The van der Waals surface area contributed by atoms with E-state index in [2.05, 4.69) is 6.92 Å². The van der Waals surface area contributed by atoms with Crippen molar-refractivity contribution in [2.75, 3.05) is 6.61 Å². The lowest BCUT2D eigenvalue weighted by Crippen LogP contribution is -2.07. The van der Waals surface area contributed by atoms with Crippen LogP contribution in [0.5, 0.6) is 0 Å². The average Bonchev–Trinajstić information content (AvgIpc) is 2.46. The van der Waals surface area contributed by atoms with E-state index >= 15 is 0 Å². The molecule has 0 saturated carbocycles. The molecule has 0 bridgehead atoms. The summed E-state index contributed by atoms with van der Waals surface area (Å²) in [5, 5.41) is 0.